The molecule has 1 aromatic rings. The van der Waals surface area contributed by atoms with E-state index < -0.39 is 0 Å². The molecular weight excluding hydrogens is 192 g/mol. The maximum absolute atomic E-state index is 4.22. The van der Waals surface area contributed by atoms with Gasteiger partial charge in [-0.2, -0.15) is 0 Å². The van der Waals surface area contributed by atoms with E-state index in [1.54, 1.807) is 11.3 Å². The highest BCUT2D eigenvalue weighted by molar-refractivity contribution is 7.07. The summed E-state index contributed by atoms with van der Waals surface area (Å²) < 4.78 is 0. The van der Waals surface area contributed by atoms with Crippen LogP contribution in [-0.4, -0.2) is 11.5 Å². The van der Waals surface area contributed by atoms with Gasteiger partial charge in [0.15, 0.2) is 0 Å². The van der Waals surface area contributed by atoms with Gasteiger partial charge in [0.05, 0.1) is 11.2 Å². The van der Waals surface area contributed by atoms with Gasteiger partial charge in [-0.05, 0) is 18.9 Å². The fraction of sp³-hybridized carbons (Fsp3) is 0.727. The second kappa shape index (κ2) is 6.96. The van der Waals surface area contributed by atoms with Gasteiger partial charge in [-0.15, -0.1) is 11.3 Å². The monoisotopic (exact) mass is 212 g/mol. The first-order valence-electron chi connectivity index (χ1n) is 5.37. The Morgan fingerprint density at radius 2 is 2.29 bits per heavy atom. The Hall–Kier alpha value is -0.410. The molecule has 0 saturated carbocycles. The van der Waals surface area contributed by atoms with Crippen molar-refractivity contribution >= 4 is 11.3 Å². The number of nitrogens with zero attached hydrogens (tertiary/aromatic N) is 1. The molecule has 2 nitrogen and oxygen atoms in total. The number of thiazole rings is 1. The van der Waals surface area contributed by atoms with E-state index in [2.05, 4.69) is 29.5 Å². The van der Waals surface area contributed by atoms with Crippen LogP contribution >= 0.6 is 11.3 Å². The van der Waals surface area contributed by atoms with E-state index in [-0.39, 0.29) is 0 Å². The highest BCUT2D eigenvalue weighted by Crippen LogP contribution is 2.05. The van der Waals surface area contributed by atoms with E-state index in [1.165, 1.54) is 25.0 Å². The minimum absolute atomic E-state index is 0.841. The van der Waals surface area contributed by atoms with Crippen molar-refractivity contribution in [3.05, 3.63) is 16.6 Å². The van der Waals surface area contributed by atoms with Crippen LogP contribution in [0.5, 0.6) is 0 Å². The summed E-state index contributed by atoms with van der Waals surface area (Å²) in [4.78, 5) is 4.22. The second-order valence-corrected chi connectivity index (χ2v) is 4.76. The van der Waals surface area contributed by atoms with Crippen LogP contribution in [0.1, 0.15) is 38.8 Å². The van der Waals surface area contributed by atoms with Gasteiger partial charge >= 0.3 is 0 Å². The minimum atomic E-state index is 0.841. The number of nitrogens with one attached hydrogen (secondary N) is 1. The maximum Gasteiger partial charge on any atom is 0.0795 e. The number of rotatable bonds is 7. The highest BCUT2D eigenvalue weighted by Gasteiger charge is 1.95. The molecule has 0 aliphatic heterocycles. The highest BCUT2D eigenvalue weighted by atomic mass is 32.1. The van der Waals surface area contributed by atoms with Crippen LogP contribution in [0.2, 0.25) is 0 Å². The fourth-order valence-electron chi connectivity index (χ4n) is 1.34. The molecule has 0 aliphatic rings. The SMILES string of the molecule is CC(C)CCCCNCc1cscn1. The molecule has 0 aliphatic carbocycles. The standard InChI is InChI=1S/C11H20N2S/c1-10(2)5-3-4-6-12-7-11-8-14-9-13-11/h8-10,12H,3-7H2,1-2H3. The molecule has 14 heavy (non-hydrogen) atoms. The van der Waals surface area contributed by atoms with Gasteiger partial charge in [0, 0.05) is 11.9 Å². The molecule has 3 heteroatoms. The van der Waals surface area contributed by atoms with E-state index >= 15 is 0 Å². The summed E-state index contributed by atoms with van der Waals surface area (Å²) in [6, 6.07) is 0. The summed E-state index contributed by atoms with van der Waals surface area (Å²) in [5.74, 6) is 0.841. The topological polar surface area (TPSA) is 24.9 Å². The number of hydrogen-bond acceptors (Lipinski definition) is 3. The van der Waals surface area contributed by atoms with Gasteiger partial charge in [-0.3, -0.25) is 0 Å². The van der Waals surface area contributed by atoms with Gasteiger partial charge in [-0.1, -0.05) is 26.7 Å². The molecular formula is C11H20N2S. The zero-order valence-electron chi connectivity index (χ0n) is 9.12. The molecule has 1 N–H and O–H groups in total. The van der Waals surface area contributed by atoms with Crippen molar-refractivity contribution in [3.63, 3.8) is 0 Å². The zero-order valence-corrected chi connectivity index (χ0v) is 9.94. The zero-order chi connectivity index (χ0) is 10.2. The molecule has 0 amide bonds. The predicted molar refractivity (Wildman–Crippen MR) is 62.5 cm³/mol. The molecule has 0 aromatic carbocycles. The largest absolute Gasteiger partial charge is 0.311 e. The Kier molecular flexibility index (Phi) is 5.80. The summed E-state index contributed by atoms with van der Waals surface area (Å²) in [5.41, 5.74) is 3.05. The molecule has 0 fully saturated rings. The summed E-state index contributed by atoms with van der Waals surface area (Å²) >= 11 is 1.66. The van der Waals surface area contributed by atoms with Crippen molar-refractivity contribution in [1.29, 1.82) is 0 Å². The van der Waals surface area contributed by atoms with Crippen LogP contribution in [0.25, 0.3) is 0 Å². The third-order valence-corrected chi connectivity index (χ3v) is 2.81. The van der Waals surface area contributed by atoms with Crippen LogP contribution in [0.15, 0.2) is 10.9 Å². The van der Waals surface area contributed by atoms with Crippen molar-refractivity contribution in [3.8, 4) is 0 Å². The molecule has 0 radical (unpaired) electrons. The van der Waals surface area contributed by atoms with Gasteiger partial charge in [0.2, 0.25) is 0 Å². The Bertz CT molecular complexity index is 219. The summed E-state index contributed by atoms with van der Waals surface area (Å²) in [6.45, 7) is 6.60. The van der Waals surface area contributed by atoms with Gasteiger partial charge in [-0.25, -0.2) is 4.98 Å². The molecule has 0 atom stereocenters. The van der Waals surface area contributed by atoms with Crippen molar-refractivity contribution in [2.24, 2.45) is 5.92 Å². The van der Waals surface area contributed by atoms with E-state index in [1.807, 2.05) is 5.51 Å². The van der Waals surface area contributed by atoms with Crippen LogP contribution in [0.3, 0.4) is 0 Å². The summed E-state index contributed by atoms with van der Waals surface area (Å²) in [5, 5.41) is 5.50. The quantitative estimate of drug-likeness (QED) is 0.703. The Labute approximate surface area is 90.8 Å². The number of hydrogen-bond donors (Lipinski definition) is 1. The molecule has 1 heterocycles. The first kappa shape index (κ1) is 11.7. The van der Waals surface area contributed by atoms with Crippen molar-refractivity contribution in [1.82, 2.24) is 10.3 Å². The first-order valence-corrected chi connectivity index (χ1v) is 6.31. The van der Waals surface area contributed by atoms with Crippen LogP contribution < -0.4 is 5.32 Å². The van der Waals surface area contributed by atoms with Gasteiger partial charge in [0.25, 0.3) is 0 Å². The minimum Gasteiger partial charge on any atom is -0.311 e. The van der Waals surface area contributed by atoms with E-state index in [0.29, 0.717) is 0 Å². The maximum atomic E-state index is 4.22. The van der Waals surface area contributed by atoms with Crippen molar-refractivity contribution < 1.29 is 0 Å². The lowest BCUT2D eigenvalue weighted by molar-refractivity contribution is 0.519. The third-order valence-electron chi connectivity index (χ3n) is 2.17. The van der Waals surface area contributed by atoms with Crippen molar-refractivity contribution in [2.75, 3.05) is 6.54 Å². The molecule has 0 bridgehead atoms. The fourth-order valence-corrected chi connectivity index (χ4v) is 1.90. The van der Waals surface area contributed by atoms with Crippen molar-refractivity contribution in [2.45, 2.75) is 39.7 Å². The van der Waals surface area contributed by atoms with Gasteiger partial charge < -0.3 is 5.32 Å². The normalized spacial score (nSPS) is 11.1. The lowest BCUT2D eigenvalue weighted by Crippen LogP contribution is -2.14. The van der Waals surface area contributed by atoms with Crippen LogP contribution in [0.4, 0.5) is 0 Å². The predicted octanol–water partition coefficient (Wildman–Crippen LogP) is 3.06. The molecule has 1 rings (SSSR count). The van der Waals surface area contributed by atoms with E-state index in [9.17, 15) is 0 Å². The third kappa shape index (κ3) is 5.35. The van der Waals surface area contributed by atoms with Crippen LogP contribution in [0, 0.1) is 5.92 Å². The summed E-state index contributed by atoms with van der Waals surface area (Å²) in [6.07, 6.45) is 3.96. The first-order chi connectivity index (χ1) is 6.79. The number of aromatic nitrogens is 1. The Morgan fingerprint density at radius 1 is 1.43 bits per heavy atom. The number of unbranched alkanes of at least 4 members (excludes halogenated alkanes) is 1. The molecule has 1 aromatic heterocycles. The van der Waals surface area contributed by atoms with E-state index in [4.69, 9.17) is 0 Å². The molecule has 0 saturated heterocycles. The second-order valence-electron chi connectivity index (χ2n) is 4.05. The average molecular weight is 212 g/mol. The van der Waals surface area contributed by atoms with E-state index in [0.717, 1.165) is 19.0 Å². The molecule has 80 valence electrons. The summed E-state index contributed by atoms with van der Waals surface area (Å²) in [7, 11) is 0. The van der Waals surface area contributed by atoms with Crippen LogP contribution in [-0.2, 0) is 6.54 Å². The molecule has 0 unspecified atom stereocenters. The Balaban J connectivity index is 1.90. The Morgan fingerprint density at radius 3 is 2.93 bits per heavy atom. The smallest absolute Gasteiger partial charge is 0.0795 e. The van der Waals surface area contributed by atoms with Gasteiger partial charge in [0.1, 0.15) is 0 Å². The molecule has 0 spiro atoms. The lowest BCUT2D eigenvalue weighted by atomic mass is 10.1. The average Bonchev–Trinajstić information content (AvgIpc) is 2.63. The lowest BCUT2D eigenvalue weighted by Gasteiger charge is -2.04.